The lowest BCUT2D eigenvalue weighted by Gasteiger charge is -2.26. The summed E-state index contributed by atoms with van der Waals surface area (Å²) in [6.07, 6.45) is 5.26. The van der Waals surface area contributed by atoms with Crippen LogP contribution in [0.5, 0.6) is 5.75 Å². The van der Waals surface area contributed by atoms with E-state index in [1.165, 1.54) is 19.3 Å². The number of hydrogen-bond donors (Lipinski definition) is 2. The summed E-state index contributed by atoms with van der Waals surface area (Å²) >= 11 is 0. The normalized spacial score (nSPS) is 14.4. The van der Waals surface area contributed by atoms with Crippen LogP contribution in [0.25, 0.3) is 0 Å². The summed E-state index contributed by atoms with van der Waals surface area (Å²) in [6, 6.07) is 7.22. The van der Waals surface area contributed by atoms with E-state index in [-0.39, 0.29) is 17.8 Å². The Morgan fingerprint density at radius 3 is 2.25 bits per heavy atom. The van der Waals surface area contributed by atoms with E-state index in [0.29, 0.717) is 0 Å². The van der Waals surface area contributed by atoms with Crippen LogP contribution >= 0.6 is 0 Å². The first-order valence-corrected chi connectivity index (χ1v) is 7.66. The molecule has 0 spiro atoms. The SMILES string of the molecule is CCCCCCC(O)C(CN(C)C)c1ccc(O)cc1. The van der Waals surface area contributed by atoms with Crippen LogP contribution in [0.3, 0.4) is 0 Å². The first kappa shape index (κ1) is 17.0. The van der Waals surface area contributed by atoms with E-state index in [0.717, 1.165) is 24.9 Å². The molecule has 0 heterocycles. The molecule has 3 nitrogen and oxygen atoms in total. The molecule has 0 radical (unpaired) electrons. The highest BCUT2D eigenvalue weighted by atomic mass is 16.3. The van der Waals surface area contributed by atoms with Gasteiger partial charge in [-0.3, -0.25) is 0 Å². The van der Waals surface area contributed by atoms with Gasteiger partial charge in [0.2, 0.25) is 0 Å². The van der Waals surface area contributed by atoms with E-state index < -0.39 is 0 Å². The number of phenolic OH excluding ortho intramolecular Hbond substituents is 1. The molecule has 0 aromatic heterocycles. The number of rotatable bonds is 9. The smallest absolute Gasteiger partial charge is 0.115 e. The third kappa shape index (κ3) is 5.93. The van der Waals surface area contributed by atoms with E-state index in [1.54, 1.807) is 12.1 Å². The topological polar surface area (TPSA) is 43.7 Å². The lowest BCUT2D eigenvalue weighted by Crippen LogP contribution is -2.29. The molecule has 0 fully saturated rings. The van der Waals surface area contributed by atoms with E-state index in [1.807, 2.05) is 26.2 Å². The minimum atomic E-state index is -0.321. The molecule has 2 atom stereocenters. The second kappa shape index (κ2) is 8.98. The first-order chi connectivity index (χ1) is 9.54. The van der Waals surface area contributed by atoms with Gasteiger partial charge in [-0.05, 0) is 38.2 Å². The number of hydrogen-bond acceptors (Lipinski definition) is 3. The van der Waals surface area contributed by atoms with Crippen LogP contribution in [-0.4, -0.2) is 41.9 Å². The molecule has 114 valence electrons. The van der Waals surface area contributed by atoms with Gasteiger partial charge in [0.1, 0.15) is 5.75 Å². The number of benzene rings is 1. The van der Waals surface area contributed by atoms with Gasteiger partial charge in [-0.1, -0.05) is 44.7 Å². The van der Waals surface area contributed by atoms with Crippen molar-refractivity contribution in [1.82, 2.24) is 4.90 Å². The number of phenols is 1. The average molecular weight is 279 g/mol. The van der Waals surface area contributed by atoms with E-state index in [4.69, 9.17) is 0 Å². The first-order valence-electron chi connectivity index (χ1n) is 7.66. The quantitative estimate of drug-likeness (QED) is 0.681. The van der Waals surface area contributed by atoms with Crippen molar-refractivity contribution >= 4 is 0 Å². The molecule has 0 aliphatic carbocycles. The second-order valence-electron chi connectivity index (χ2n) is 5.88. The summed E-state index contributed by atoms with van der Waals surface area (Å²) < 4.78 is 0. The van der Waals surface area contributed by atoms with E-state index in [2.05, 4.69) is 11.8 Å². The Balaban J connectivity index is 2.65. The Labute approximate surface area is 123 Å². The third-order valence-corrected chi connectivity index (χ3v) is 3.70. The minimum absolute atomic E-state index is 0.104. The fourth-order valence-electron chi connectivity index (χ4n) is 2.55. The Kier molecular flexibility index (Phi) is 7.63. The monoisotopic (exact) mass is 279 g/mol. The average Bonchev–Trinajstić information content (AvgIpc) is 2.42. The maximum Gasteiger partial charge on any atom is 0.115 e. The van der Waals surface area contributed by atoms with Gasteiger partial charge in [0, 0.05) is 12.5 Å². The molecule has 3 heteroatoms. The molecular formula is C17H29NO2. The number of aliphatic hydroxyl groups excluding tert-OH is 1. The van der Waals surface area contributed by atoms with Crippen molar-refractivity contribution in [2.24, 2.45) is 0 Å². The van der Waals surface area contributed by atoms with Crippen LogP contribution in [0.1, 0.15) is 50.5 Å². The van der Waals surface area contributed by atoms with Crippen molar-refractivity contribution in [1.29, 1.82) is 0 Å². The zero-order valence-electron chi connectivity index (χ0n) is 13.0. The molecule has 0 bridgehead atoms. The van der Waals surface area contributed by atoms with Crippen LogP contribution in [0.4, 0.5) is 0 Å². The van der Waals surface area contributed by atoms with Crippen molar-refractivity contribution < 1.29 is 10.2 Å². The van der Waals surface area contributed by atoms with Gasteiger partial charge in [0.25, 0.3) is 0 Å². The van der Waals surface area contributed by atoms with Gasteiger partial charge in [0.05, 0.1) is 6.10 Å². The maximum absolute atomic E-state index is 10.5. The molecule has 0 saturated heterocycles. The fourth-order valence-corrected chi connectivity index (χ4v) is 2.55. The Hall–Kier alpha value is -1.06. The number of aliphatic hydroxyl groups is 1. The van der Waals surface area contributed by atoms with Crippen LogP contribution in [0.15, 0.2) is 24.3 Å². The predicted molar refractivity (Wildman–Crippen MR) is 84.2 cm³/mol. The van der Waals surface area contributed by atoms with Gasteiger partial charge < -0.3 is 15.1 Å². The fraction of sp³-hybridized carbons (Fsp3) is 0.647. The molecule has 0 aliphatic rings. The van der Waals surface area contributed by atoms with Gasteiger partial charge in [-0.25, -0.2) is 0 Å². The summed E-state index contributed by atoms with van der Waals surface area (Å²) in [7, 11) is 4.05. The zero-order valence-corrected chi connectivity index (χ0v) is 13.0. The molecule has 1 aromatic rings. The van der Waals surface area contributed by atoms with Gasteiger partial charge >= 0.3 is 0 Å². The predicted octanol–water partition coefficient (Wildman–Crippen LogP) is 3.37. The number of aromatic hydroxyl groups is 1. The molecule has 0 aliphatic heterocycles. The summed E-state index contributed by atoms with van der Waals surface area (Å²) in [5, 5.41) is 19.9. The van der Waals surface area contributed by atoms with E-state index in [9.17, 15) is 10.2 Å². The molecule has 2 unspecified atom stereocenters. The standard InChI is InChI=1S/C17H29NO2/c1-4-5-6-7-8-17(20)16(13-18(2)3)14-9-11-15(19)12-10-14/h9-12,16-17,19-20H,4-8,13H2,1-3H3. The van der Waals surface area contributed by atoms with Crippen LogP contribution in [0, 0.1) is 0 Å². The molecule has 20 heavy (non-hydrogen) atoms. The molecular weight excluding hydrogens is 250 g/mol. The number of likely N-dealkylation sites (N-methyl/N-ethyl adjacent to an activating group) is 1. The van der Waals surface area contributed by atoms with Crippen molar-refractivity contribution in [3.05, 3.63) is 29.8 Å². The highest BCUT2D eigenvalue weighted by Gasteiger charge is 2.21. The third-order valence-electron chi connectivity index (χ3n) is 3.70. The van der Waals surface area contributed by atoms with Crippen LogP contribution in [0.2, 0.25) is 0 Å². The Bertz CT molecular complexity index is 362. The van der Waals surface area contributed by atoms with Gasteiger partial charge in [0.15, 0.2) is 0 Å². The molecule has 0 amide bonds. The summed E-state index contributed by atoms with van der Waals surface area (Å²) in [6.45, 7) is 3.02. The largest absolute Gasteiger partial charge is 0.508 e. The lowest BCUT2D eigenvalue weighted by molar-refractivity contribution is 0.116. The van der Waals surface area contributed by atoms with Crippen LogP contribution < -0.4 is 0 Å². The van der Waals surface area contributed by atoms with Crippen molar-refractivity contribution in [3.63, 3.8) is 0 Å². The van der Waals surface area contributed by atoms with Crippen molar-refractivity contribution in [2.45, 2.75) is 51.0 Å². The second-order valence-corrected chi connectivity index (χ2v) is 5.88. The van der Waals surface area contributed by atoms with Gasteiger partial charge in [-0.2, -0.15) is 0 Å². The highest BCUT2D eigenvalue weighted by molar-refractivity contribution is 5.29. The van der Waals surface area contributed by atoms with Crippen molar-refractivity contribution in [2.75, 3.05) is 20.6 Å². The number of unbranched alkanes of at least 4 members (excludes halogenated alkanes) is 3. The van der Waals surface area contributed by atoms with Crippen molar-refractivity contribution in [3.8, 4) is 5.75 Å². The summed E-state index contributed by atoms with van der Waals surface area (Å²) in [5.41, 5.74) is 1.10. The maximum atomic E-state index is 10.5. The highest BCUT2D eigenvalue weighted by Crippen LogP contribution is 2.25. The molecule has 2 N–H and O–H groups in total. The minimum Gasteiger partial charge on any atom is -0.508 e. The van der Waals surface area contributed by atoms with E-state index >= 15 is 0 Å². The summed E-state index contributed by atoms with van der Waals surface area (Å²) in [4.78, 5) is 2.10. The molecule has 0 saturated carbocycles. The van der Waals surface area contributed by atoms with Crippen LogP contribution in [-0.2, 0) is 0 Å². The van der Waals surface area contributed by atoms with Gasteiger partial charge in [-0.15, -0.1) is 0 Å². The summed E-state index contributed by atoms with van der Waals surface area (Å²) in [5.74, 6) is 0.377. The molecule has 1 aromatic carbocycles. The molecule has 1 rings (SSSR count). The Morgan fingerprint density at radius 2 is 1.70 bits per heavy atom. The Morgan fingerprint density at radius 1 is 1.05 bits per heavy atom. The zero-order chi connectivity index (χ0) is 15.0. The lowest BCUT2D eigenvalue weighted by atomic mass is 9.89. The number of nitrogens with zero attached hydrogens (tertiary/aromatic N) is 1.